The summed E-state index contributed by atoms with van der Waals surface area (Å²) in [6.07, 6.45) is 4.07. The average molecular weight is 453 g/mol. The molecule has 164 valence electrons. The fraction of sp³-hybridized carbons (Fsp3) is 0.143. The van der Waals surface area contributed by atoms with Crippen LogP contribution in [0.2, 0.25) is 0 Å². The van der Waals surface area contributed by atoms with Crippen LogP contribution in [-0.2, 0) is 0 Å². The molecular formula is C28H24N2O2S. The molecule has 3 aromatic carbocycles. The van der Waals surface area contributed by atoms with Crippen molar-refractivity contribution in [3.63, 3.8) is 0 Å². The van der Waals surface area contributed by atoms with Gasteiger partial charge in [-0.3, -0.25) is 4.79 Å². The number of ether oxygens (including phenoxy) is 1. The first-order valence-corrected chi connectivity index (χ1v) is 12.0. The molecule has 0 bridgehead atoms. The zero-order valence-electron chi connectivity index (χ0n) is 18.4. The van der Waals surface area contributed by atoms with Crippen molar-refractivity contribution in [2.45, 2.75) is 19.8 Å². The third kappa shape index (κ3) is 4.32. The number of unbranched alkanes of at least 4 members (excludes halogenated alkanes) is 1. The molecule has 0 saturated carbocycles. The van der Waals surface area contributed by atoms with Gasteiger partial charge < -0.3 is 4.74 Å². The first-order valence-electron chi connectivity index (χ1n) is 11.2. The number of hydrogen-bond donors (Lipinski definition) is 0. The van der Waals surface area contributed by atoms with Crippen LogP contribution in [0.5, 0.6) is 5.75 Å². The highest BCUT2D eigenvalue weighted by Gasteiger charge is 2.19. The minimum Gasteiger partial charge on any atom is -0.494 e. The van der Waals surface area contributed by atoms with Gasteiger partial charge in [-0.05, 0) is 30.2 Å². The standard InChI is InChI=1S/C28H24N2O2S/c1-2-3-18-32-23-16-14-20(15-17-23)19-24-27(31)30-26(22-12-8-5-9-13-22)25(29-28(30)33-24)21-10-6-4-7-11-21/h4-17,19H,2-3,18H2,1H3/b24-19-. The van der Waals surface area contributed by atoms with E-state index in [0.717, 1.165) is 53.3 Å². The monoisotopic (exact) mass is 452 g/mol. The highest BCUT2D eigenvalue weighted by atomic mass is 32.1. The number of hydrogen-bond acceptors (Lipinski definition) is 4. The lowest BCUT2D eigenvalue weighted by Crippen LogP contribution is -2.23. The maximum absolute atomic E-state index is 13.5. The van der Waals surface area contributed by atoms with Crippen molar-refractivity contribution < 1.29 is 4.74 Å². The van der Waals surface area contributed by atoms with Crippen LogP contribution >= 0.6 is 11.3 Å². The van der Waals surface area contributed by atoms with E-state index in [0.29, 0.717) is 9.49 Å². The van der Waals surface area contributed by atoms with Crippen molar-refractivity contribution in [3.05, 3.63) is 105 Å². The quantitative estimate of drug-likeness (QED) is 0.292. The van der Waals surface area contributed by atoms with Gasteiger partial charge in [-0.2, -0.15) is 0 Å². The third-order valence-corrected chi connectivity index (χ3v) is 6.47. The first kappa shape index (κ1) is 21.2. The Bertz CT molecular complexity index is 1470. The first-order chi connectivity index (χ1) is 16.2. The molecule has 0 amide bonds. The Morgan fingerprint density at radius 2 is 1.58 bits per heavy atom. The number of thiazole rings is 1. The molecule has 4 nitrogen and oxygen atoms in total. The van der Waals surface area contributed by atoms with Crippen molar-refractivity contribution in [1.82, 2.24) is 9.38 Å². The summed E-state index contributed by atoms with van der Waals surface area (Å²) in [7, 11) is 0. The van der Waals surface area contributed by atoms with Crippen LogP contribution in [0.25, 0.3) is 33.6 Å². The van der Waals surface area contributed by atoms with Crippen molar-refractivity contribution >= 4 is 22.4 Å². The molecule has 0 aliphatic carbocycles. The molecule has 5 rings (SSSR count). The van der Waals surface area contributed by atoms with Crippen LogP contribution in [0.4, 0.5) is 0 Å². The smallest absolute Gasteiger partial charge is 0.274 e. The topological polar surface area (TPSA) is 43.6 Å². The molecule has 33 heavy (non-hydrogen) atoms. The molecule has 0 unspecified atom stereocenters. The zero-order chi connectivity index (χ0) is 22.6. The van der Waals surface area contributed by atoms with E-state index in [9.17, 15) is 4.79 Å². The molecule has 0 aliphatic heterocycles. The highest BCUT2D eigenvalue weighted by Crippen LogP contribution is 2.32. The van der Waals surface area contributed by atoms with Crippen molar-refractivity contribution in [1.29, 1.82) is 0 Å². The Morgan fingerprint density at radius 3 is 2.24 bits per heavy atom. The maximum Gasteiger partial charge on any atom is 0.274 e. The van der Waals surface area contributed by atoms with Gasteiger partial charge in [-0.1, -0.05) is 97.5 Å². The number of nitrogens with zero attached hydrogens (tertiary/aromatic N) is 2. The van der Waals surface area contributed by atoms with E-state index in [4.69, 9.17) is 9.72 Å². The van der Waals surface area contributed by atoms with Gasteiger partial charge in [0.1, 0.15) is 5.75 Å². The molecule has 5 aromatic rings. The molecule has 0 aliphatic rings. The second-order valence-corrected chi connectivity index (χ2v) is 8.86. The summed E-state index contributed by atoms with van der Waals surface area (Å²) >= 11 is 1.42. The molecule has 0 radical (unpaired) electrons. The van der Waals surface area contributed by atoms with Gasteiger partial charge in [0.15, 0.2) is 4.96 Å². The van der Waals surface area contributed by atoms with E-state index in [1.54, 1.807) is 4.40 Å². The summed E-state index contributed by atoms with van der Waals surface area (Å²) in [6.45, 7) is 2.87. The number of fused-ring (bicyclic) bond motifs is 1. The lowest BCUT2D eigenvalue weighted by molar-refractivity contribution is 0.309. The molecule has 0 saturated heterocycles. The van der Waals surface area contributed by atoms with Crippen LogP contribution in [0.3, 0.4) is 0 Å². The fourth-order valence-electron chi connectivity index (χ4n) is 3.81. The Labute approximate surface area is 196 Å². The summed E-state index contributed by atoms with van der Waals surface area (Å²) in [6, 6.07) is 27.9. The van der Waals surface area contributed by atoms with Gasteiger partial charge in [-0.25, -0.2) is 9.38 Å². The Kier molecular flexibility index (Phi) is 6.05. The maximum atomic E-state index is 13.5. The third-order valence-electron chi connectivity index (χ3n) is 5.50. The number of benzene rings is 3. The minimum absolute atomic E-state index is 0.0493. The van der Waals surface area contributed by atoms with Crippen molar-refractivity contribution in [2.24, 2.45) is 0 Å². The predicted octanol–water partition coefficient (Wildman–Crippen LogP) is 5.82. The molecule has 2 heterocycles. The van der Waals surface area contributed by atoms with Crippen LogP contribution in [0, 0.1) is 0 Å². The van der Waals surface area contributed by atoms with Gasteiger partial charge in [0.05, 0.1) is 22.5 Å². The van der Waals surface area contributed by atoms with Gasteiger partial charge in [-0.15, -0.1) is 0 Å². The predicted molar refractivity (Wildman–Crippen MR) is 136 cm³/mol. The van der Waals surface area contributed by atoms with Gasteiger partial charge in [0.25, 0.3) is 5.56 Å². The van der Waals surface area contributed by atoms with Gasteiger partial charge >= 0.3 is 0 Å². The SMILES string of the molecule is CCCCOc1ccc(/C=c2\sc3nc(-c4ccccc4)c(-c4ccccc4)n3c2=O)cc1. The van der Waals surface area contributed by atoms with Gasteiger partial charge in [0.2, 0.25) is 0 Å². The minimum atomic E-state index is -0.0493. The molecule has 2 aromatic heterocycles. The molecule has 5 heteroatoms. The van der Waals surface area contributed by atoms with Gasteiger partial charge in [0, 0.05) is 11.1 Å². The van der Waals surface area contributed by atoms with Crippen LogP contribution in [-0.4, -0.2) is 16.0 Å². The summed E-state index contributed by atoms with van der Waals surface area (Å²) < 4.78 is 8.15. The van der Waals surface area contributed by atoms with Crippen LogP contribution in [0.15, 0.2) is 89.7 Å². The Balaban J connectivity index is 1.60. The largest absolute Gasteiger partial charge is 0.494 e. The van der Waals surface area contributed by atoms with Crippen LogP contribution < -0.4 is 14.8 Å². The van der Waals surface area contributed by atoms with E-state index in [1.165, 1.54) is 11.3 Å². The molecule has 0 N–H and O–H groups in total. The highest BCUT2D eigenvalue weighted by molar-refractivity contribution is 7.15. The van der Waals surface area contributed by atoms with E-state index >= 15 is 0 Å². The van der Waals surface area contributed by atoms with Crippen molar-refractivity contribution in [2.75, 3.05) is 6.61 Å². The molecular weight excluding hydrogens is 428 g/mol. The molecule has 0 fully saturated rings. The average Bonchev–Trinajstić information content (AvgIpc) is 3.38. The summed E-state index contributed by atoms with van der Waals surface area (Å²) in [5.74, 6) is 0.850. The number of aromatic nitrogens is 2. The molecule has 0 spiro atoms. The Hall–Kier alpha value is -3.70. The lowest BCUT2D eigenvalue weighted by Gasteiger charge is -2.05. The normalized spacial score (nSPS) is 11.8. The van der Waals surface area contributed by atoms with E-state index < -0.39 is 0 Å². The zero-order valence-corrected chi connectivity index (χ0v) is 19.2. The molecule has 0 atom stereocenters. The summed E-state index contributed by atoms with van der Waals surface area (Å²) in [4.78, 5) is 19.1. The van der Waals surface area contributed by atoms with Crippen molar-refractivity contribution in [3.8, 4) is 28.3 Å². The summed E-state index contributed by atoms with van der Waals surface area (Å²) in [5, 5.41) is 0. The number of rotatable bonds is 7. The lowest BCUT2D eigenvalue weighted by atomic mass is 10.1. The van der Waals surface area contributed by atoms with E-state index in [-0.39, 0.29) is 5.56 Å². The fourth-order valence-corrected chi connectivity index (χ4v) is 4.78. The second-order valence-electron chi connectivity index (χ2n) is 7.85. The van der Waals surface area contributed by atoms with E-state index in [2.05, 4.69) is 6.92 Å². The summed E-state index contributed by atoms with van der Waals surface area (Å²) in [5.41, 5.74) is 4.54. The van der Waals surface area contributed by atoms with Crippen LogP contribution in [0.1, 0.15) is 25.3 Å². The Morgan fingerprint density at radius 1 is 0.909 bits per heavy atom. The second kappa shape index (κ2) is 9.43. The van der Waals surface area contributed by atoms with E-state index in [1.807, 2.05) is 91.0 Å². The number of imidazole rings is 1.